The molecule has 0 atom stereocenters. The molecule has 0 spiro atoms. The fraction of sp³-hybridized carbons (Fsp3) is 0.188. The Kier molecular flexibility index (Phi) is 5.46. The van der Waals surface area contributed by atoms with Crippen LogP contribution in [0.2, 0.25) is 5.02 Å². The molecule has 0 aliphatic rings. The van der Waals surface area contributed by atoms with Gasteiger partial charge in [-0.3, -0.25) is 4.79 Å². The van der Waals surface area contributed by atoms with Crippen molar-refractivity contribution in [1.82, 2.24) is 0 Å². The number of rotatable bonds is 7. The van der Waals surface area contributed by atoms with Crippen molar-refractivity contribution in [1.29, 1.82) is 0 Å². The van der Waals surface area contributed by atoms with Crippen molar-refractivity contribution in [2.24, 2.45) is 0 Å². The minimum atomic E-state index is 0.291. The number of ether oxygens (including phenoxy) is 3. The Morgan fingerprint density at radius 2 is 1.57 bits per heavy atom. The second kappa shape index (κ2) is 7.55. The van der Waals surface area contributed by atoms with Crippen LogP contribution in [-0.4, -0.2) is 26.6 Å². The molecule has 0 amide bonds. The number of halogens is 1. The summed E-state index contributed by atoms with van der Waals surface area (Å²) in [5.41, 5.74) is 0.344. The van der Waals surface area contributed by atoms with Gasteiger partial charge in [-0.25, -0.2) is 0 Å². The van der Waals surface area contributed by atoms with Crippen molar-refractivity contribution in [3.05, 3.63) is 53.1 Å². The molecule has 0 saturated carbocycles. The molecular formula is C16H15ClO4. The molecule has 21 heavy (non-hydrogen) atoms. The van der Waals surface area contributed by atoms with E-state index in [-0.39, 0.29) is 0 Å². The Balaban J connectivity index is 1.91. The van der Waals surface area contributed by atoms with Gasteiger partial charge in [-0.15, -0.1) is 0 Å². The van der Waals surface area contributed by atoms with Gasteiger partial charge in [-0.1, -0.05) is 29.8 Å². The van der Waals surface area contributed by atoms with Crippen molar-refractivity contribution in [3.63, 3.8) is 0 Å². The van der Waals surface area contributed by atoms with Gasteiger partial charge in [0.1, 0.15) is 19.0 Å². The molecule has 0 N–H and O–H groups in total. The second-order valence-corrected chi connectivity index (χ2v) is 4.52. The number of carbonyl (C=O) groups excluding carboxylic acids is 1. The molecule has 0 unspecified atom stereocenters. The highest BCUT2D eigenvalue weighted by Crippen LogP contribution is 2.26. The molecule has 0 heterocycles. The summed E-state index contributed by atoms with van der Waals surface area (Å²) in [4.78, 5) is 11.0. The standard InChI is InChI=1S/C16H15ClO4/c1-19-15-6-2-3-7-16(15)21-10-9-20-14-8-4-5-13(17)12(14)11-18/h2-8,11H,9-10H2,1H3. The summed E-state index contributed by atoms with van der Waals surface area (Å²) in [5.74, 6) is 1.75. The SMILES string of the molecule is COc1ccccc1OCCOc1cccc(Cl)c1C=O. The molecule has 0 bridgehead atoms. The van der Waals surface area contributed by atoms with Crippen LogP contribution >= 0.6 is 11.6 Å². The van der Waals surface area contributed by atoms with Crippen LogP contribution in [0.25, 0.3) is 0 Å². The van der Waals surface area contributed by atoms with Gasteiger partial charge in [0.15, 0.2) is 17.8 Å². The summed E-state index contributed by atoms with van der Waals surface area (Å²) < 4.78 is 16.3. The lowest BCUT2D eigenvalue weighted by Crippen LogP contribution is -2.10. The zero-order valence-electron chi connectivity index (χ0n) is 11.5. The van der Waals surface area contributed by atoms with Crippen molar-refractivity contribution >= 4 is 17.9 Å². The van der Waals surface area contributed by atoms with Crippen molar-refractivity contribution in [3.8, 4) is 17.2 Å². The zero-order chi connectivity index (χ0) is 15.1. The molecule has 0 aliphatic heterocycles. The summed E-state index contributed by atoms with van der Waals surface area (Å²) in [5, 5.41) is 0.369. The highest BCUT2D eigenvalue weighted by atomic mass is 35.5. The van der Waals surface area contributed by atoms with Gasteiger partial charge in [0.2, 0.25) is 0 Å². The van der Waals surface area contributed by atoms with Gasteiger partial charge in [-0.2, -0.15) is 0 Å². The van der Waals surface area contributed by atoms with E-state index in [0.29, 0.717) is 47.3 Å². The molecular weight excluding hydrogens is 292 g/mol. The van der Waals surface area contributed by atoms with Crippen molar-refractivity contribution in [2.75, 3.05) is 20.3 Å². The van der Waals surface area contributed by atoms with E-state index in [9.17, 15) is 4.79 Å². The third-order valence-electron chi connectivity index (χ3n) is 2.80. The number of aldehydes is 1. The van der Waals surface area contributed by atoms with E-state index in [1.54, 1.807) is 25.3 Å². The summed E-state index contributed by atoms with van der Waals surface area (Å²) in [6.07, 6.45) is 0.679. The summed E-state index contributed by atoms with van der Waals surface area (Å²) in [6.45, 7) is 0.615. The maximum atomic E-state index is 11.0. The van der Waals surface area contributed by atoms with Gasteiger partial charge in [0.25, 0.3) is 0 Å². The first-order valence-corrected chi connectivity index (χ1v) is 6.76. The number of benzene rings is 2. The van der Waals surface area contributed by atoms with Crippen LogP contribution in [0.15, 0.2) is 42.5 Å². The molecule has 5 heteroatoms. The molecule has 0 radical (unpaired) electrons. The van der Waals surface area contributed by atoms with Gasteiger partial charge in [0.05, 0.1) is 17.7 Å². The van der Waals surface area contributed by atoms with E-state index in [0.717, 1.165) is 0 Å². The normalized spacial score (nSPS) is 10.0. The van der Waals surface area contributed by atoms with E-state index in [2.05, 4.69) is 0 Å². The molecule has 0 aromatic heterocycles. The molecule has 0 aliphatic carbocycles. The number of para-hydroxylation sites is 2. The largest absolute Gasteiger partial charge is 0.493 e. The second-order valence-electron chi connectivity index (χ2n) is 4.12. The van der Waals surface area contributed by atoms with E-state index in [4.69, 9.17) is 25.8 Å². The molecule has 0 saturated heterocycles. The predicted molar refractivity (Wildman–Crippen MR) is 80.8 cm³/mol. The Hall–Kier alpha value is -2.20. The third-order valence-corrected chi connectivity index (χ3v) is 3.13. The lowest BCUT2D eigenvalue weighted by atomic mass is 10.2. The lowest BCUT2D eigenvalue weighted by molar-refractivity contribution is 0.111. The van der Waals surface area contributed by atoms with Crippen LogP contribution in [0.4, 0.5) is 0 Å². The first-order valence-electron chi connectivity index (χ1n) is 6.38. The fourth-order valence-electron chi connectivity index (χ4n) is 1.80. The van der Waals surface area contributed by atoms with E-state index >= 15 is 0 Å². The molecule has 2 aromatic rings. The molecule has 2 aromatic carbocycles. The third kappa shape index (κ3) is 3.89. The molecule has 0 fully saturated rings. The average molecular weight is 307 g/mol. The fourth-order valence-corrected chi connectivity index (χ4v) is 2.01. The topological polar surface area (TPSA) is 44.8 Å². The first kappa shape index (κ1) is 15.2. The predicted octanol–water partition coefficient (Wildman–Crippen LogP) is 3.62. The maximum Gasteiger partial charge on any atom is 0.161 e. The van der Waals surface area contributed by atoms with Crippen LogP contribution in [0.5, 0.6) is 17.2 Å². The van der Waals surface area contributed by atoms with E-state index < -0.39 is 0 Å². The number of methoxy groups -OCH3 is 1. The number of hydrogen-bond donors (Lipinski definition) is 0. The summed E-state index contributed by atoms with van der Waals surface area (Å²) in [7, 11) is 1.58. The number of hydrogen-bond acceptors (Lipinski definition) is 4. The lowest BCUT2D eigenvalue weighted by Gasteiger charge is -2.12. The Labute approximate surface area is 128 Å². The van der Waals surface area contributed by atoms with Crippen molar-refractivity contribution < 1.29 is 19.0 Å². The quantitative estimate of drug-likeness (QED) is 0.579. The van der Waals surface area contributed by atoms with Gasteiger partial charge in [-0.05, 0) is 24.3 Å². The van der Waals surface area contributed by atoms with Crippen LogP contribution in [-0.2, 0) is 0 Å². The van der Waals surface area contributed by atoms with Crippen LogP contribution < -0.4 is 14.2 Å². The zero-order valence-corrected chi connectivity index (χ0v) is 12.3. The molecule has 2 rings (SSSR count). The Morgan fingerprint density at radius 1 is 0.952 bits per heavy atom. The average Bonchev–Trinajstić information content (AvgIpc) is 2.52. The van der Waals surface area contributed by atoms with Crippen LogP contribution in [0.1, 0.15) is 10.4 Å². The van der Waals surface area contributed by atoms with Crippen LogP contribution in [0, 0.1) is 0 Å². The minimum Gasteiger partial charge on any atom is -0.493 e. The first-order chi connectivity index (χ1) is 10.3. The van der Waals surface area contributed by atoms with Gasteiger partial charge in [0, 0.05) is 0 Å². The highest BCUT2D eigenvalue weighted by molar-refractivity contribution is 6.33. The monoisotopic (exact) mass is 306 g/mol. The van der Waals surface area contributed by atoms with Crippen LogP contribution in [0.3, 0.4) is 0 Å². The van der Waals surface area contributed by atoms with Crippen molar-refractivity contribution in [2.45, 2.75) is 0 Å². The summed E-state index contributed by atoms with van der Waals surface area (Å²) in [6, 6.07) is 12.4. The Morgan fingerprint density at radius 3 is 2.24 bits per heavy atom. The maximum absolute atomic E-state index is 11.0. The highest BCUT2D eigenvalue weighted by Gasteiger charge is 2.07. The Bertz CT molecular complexity index is 613. The summed E-state index contributed by atoms with van der Waals surface area (Å²) >= 11 is 5.92. The molecule has 4 nitrogen and oxygen atoms in total. The van der Waals surface area contributed by atoms with E-state index in [1.807, 2.05) is 24.3 Å². The van der Waals surface area contributed by atoms with Gasteiger partial charge < -0.3 is 14.2 Å². The molecule has 110 valence electrons. The smallest absolute Gasteiger partial charge is 0.161 e. The minimum absolute atomic E-state index is 0.291. The van der Waals surface area contributed by atoms with E-state index in [1.165, 1.54) is 0 Å². The van der Waals surface area contributed by atoms with Gasteiger partial charge >= 0.3 is 0 Å². The number of carbonyl (C=O) groups is 1.